The first-order chi connectivity index (χ1) is 17.4. The molecule has 4 amide bonds. The van der Waals surface area contributed by atoms with Gasteiger partial charge in [-0.05, 0) is 32.2 Å². The first-order valence-corrected chi connectivity index (χ1v) is 11.5. The molecule has 0 radical (unpaired) electrons. The van der Waals surface area contributed by atoms with Gasteiger partial charge in [0.2, 0.25) is 23.6 Å². The van der Waals surface area contributed by atoms with Gasteiger partial charge in [0.25, 0.3) is 0 Å². The second-order valence-corrected chi connectivity index (χ2v) is 8.30. The third-order valence-corrected chi connectivity index (χ3v) is 5.22. The molecule has 16 nitrogen and oxygen atoms in total. The Hall–Kier alpha value is -4.05. The zero-order valence-electron chi connectivity index (χ0n) is 20.1. The zero-order chi connectivity index (χ0) is 28.0. The van der Waals surface area contributed by atoms with Crippen LogP contribution in [-0.4, -0.2) is 86.5 Å². The van der Waals surface area contributed by atoms with E-state index in [-0.39, 0.29) is 25.7 Å². The second kappa shape index (κ2) is 15.8. The lowest BCUT2D eigenvalue weighted by Crippen LogP contribution is -2.57. The van der Waals surface area contributed by atoms with Crippen molar-refractivity contribution in [2.45, 2.75) is 69.1 Å². The molecule has 0 aromatic carbocycles. The zero-order valence-corrected chi connectivity index (χ0v) is 20.1. The van der Waals surface area contributed by atoms with Crippen LogP contribution in [0.2, 0.25) is 0 Å². The lowest BCUT2D eigenvalue weighted by molar-refractivity contribution is -0.143. The highest BCUT2D eigenvalue weighted by Gasteiger charge is 2.31. The molecule has 0 bridgehead atoms. The maximum Gasteiger partial charge on any atom is 0.326 e. The summed E-state index contributed by atoms with van der Waals surface area (Å²) in [6, 6.07) is -5.50. The maximum absolute atomic E-state index is 12.9. The number of hydrogen-bond donors (Lipinski definition) is 9. The smallest absolute Gasteiger partial charge is 0.326 e. The number of H-pyrrole nitrogens is 1. The normalized spacial score (nSPS) is 14.0. The predicted molar refractivity (Wildman–Crippen MR) is 127 cm³/mol. The van der Waals surface area contributed by atoms with E-state index in [0.717, 1.165) is 0 Å². The molecule has 0 fully saturated rings. The molecule has 12 N–H and O–H groups in total. The van der Waals surface area contributed by atoms with Crippen molar-refractivity contribution < 1.29 is 39.0 Å². The Labute approximate surface area is 212 Å². The van der Waals surface area contributed by atoms with E-state index >= 15 is 0 Å². The van der Waals surface area contributed by atoms with E-state index in [1.807, 2.05) is 0 Å². The van der Waals surface area contributed by atoms with Crippen molar-refractivity contribution in [2.24, 2.45) is 17.2 Å². The first-order valence-electron chi connectivity index (χ1n) is 11.5. The van der Waals surface area contributed by atoms with Gasteiger partial charge in [0.1, 0.15) is 18.1 Å². The Balaban J connectivity index is 2.96. The van der Waals surface area contributed by atoms with Crippen LogP contribution in [-0.2, 0) is 35.2 Å². The number of nitrogens with one attached hydrogen (secondary N) is 4. The van der Waals surface area contributed by atoms with Gasteiger partial charge in [-0.25, -0.2) is 9.78 Å². The van der Waals surface area contributed by atoms with Gasteiger partial charge in [-0.3, -0.25) is 24.0 Å². The number of rotatable bonds is 18. The highest BCUT2D eigenvalue weighted by molar-refractivity contribution is 5.95. The molecule has 1 heterocycles. The number of nitrogens with zero attached hydrogens (tertiary/aromatic N) is 1. The fourth-order valence-corrected chi connectivity index (χ4v) is 3.24. The SMILES string of the molecule is NCCCCC(NC(=O)C(CCC(N)=O)NC(=O)C(CC(=O)O)NC(=O)C(N)Cc1cnc[nH]1)C(=O)O. The minimum absolute atomic E-state index is 0.0254. The molecule has 206 valence electrons. The van der Waals surface area contributed by atoms with Crippen molar-refractivity contribution in [3.05, 3.63) is 18.2 Å². The van der Waals surface area contributed by atoms with Gasteiger partial charge in [-0.1, -0.05) is 0 Å². The minimum Gasteiger partial charge on any atom is -0.481 e. The summed E-state index contributed by atoms with van der Waals surface area (Å²) in [5, 5.41) is 25.4. The molecule has 1 aromatic heterocycles. The maximum atomic E-state index is 12.9. The quantitative estimate of drug-likeness (QED) is 0.0853. The van der Waals surface area contributed by atoms with Crippen molar-refractivity contribution in [3.63, 3.8) is 0 Å². The minimum atomic E-state index is -1.62. The topological polar surface area (TPSA) is 286 Å². The van der Waals surface area contributed by atoms with E-state index < -0.39 is 66.2 Å². The summed E-state index contributed by atoms with van der Waals surface area (Å²) in [5.74, 6) is -6.33. The number of nitrogens with two attached hydrogens (primary N) is 3. The van der Waals surface area contributed by atoms with Crippen LogP contribution >= 0.6 is 0 Å². The third-order valence-electron chi connectivity index (χ3n) is 5.22. The number of amides is 4. The summed E-state index contributed by atoms with van der Waals surface area (Å²) >= 11 is 0. The van der Waals surface area contributed by atoms with Crippen molar-refractivity contribution in [1.29, 1.82) is 0 Å². The Morgan fingerprint density at radius 2 is 1.54 bits per heavy atom. The average Bonchev–Trinajstić information content (AvgIpc) is 3.32. The van der Waals surface area contributed by atoms with Gasteiger partial charge in [0.05, 0.1) is 18.8 Å². The van der Waals surface area contributed by atoms with Gasteiger partial charge in [-0.15, -0.1) is 0 Å². The highest BCUT2D eigenvalue weighted by atomic mass is 16.4. The number of imidazole rings is 1. The number of primary amides is 1. The van der Waals surface area contributed by atoms with Crippen molar-refractivity contribution in [2.75, 3.05) is 6.54 Å². The van der Waals surface area contributed by atoms with E-state index in [9.17, 15) is 39.0 Å². The van der Waals surface area contributed by atoms with E-state index in [1.54, 1.807) is 0 Å². The molecule has 0 saturated carbocycles. The fraction of sp³-hybridized carbons (Fsp3) is 0.571. The monoisotopic (exact) mass is 526 g/mol. The van der Waals surface area contributed by atoms with E-state index in [1.165, 1.54) is 12.5 Å². The van der Waals surface area contributed by atoms with Crippen LogP contribution in [0.3, 0.4) is 0 Å². The number of carboxylic acids is 2. The van der Waals surface area contributed by atoms with E-state index in [2.05, 4.69) is 25.9 Å². The lowest BCUT2D eigenvalue weighted by atomic mass is 10.1. The van der Waals surface area contributed by atoms with Crippen LogP contribution < -0.4 is 33.2 Å². The fourth-order valence-electron chi connectivity index (χ4n) is 3.24. The van der Waals surface area contributed by atoms with Crippen LogP contribution in [0, 0.1) is 0 Å². The first kappa shape index (κ1) is 31.0. The molecule has 16 heteroatoms. The Kier molecular flexibility index (Phi) is 13.3. The highest BCUT2D eigenvalue weighted by Crippen LogP contribution is 2.06. The van der Waals surface area contributed by atoms with Gasteiger partial charge in [0, 0.05) is 24.7 Å². The van der Waals surface area contributed by atoms with Crippen molar-refractivity contribution >= 4 is 35.6 Å². The van der Waals surface area contributed by atoms with Crippen molar-refractivity contribution in [1.82, 2.24) is 25.9 Å². The van der Waals surface area contributed by atoms with Crippen LogP contribution in [0.1, 0.15) is 44.2 Å². The molecule has 1 aromatic rings. The van der Waals surface area contributed by atoms with Crippen LogP contribution in [0.15, 0.2) is 12.5 Å². The van der Waals surface area contributed by atoms with Gasteiger partial charge in [0.15, 0.2) is 0 Å². The van der Waals surface area contributed by atoms with E-state index in [4.69, 9.17) is 17.2 Å². The molecule has 0 spiro atoms. The number of carbonyl (C=O) groups excluding carboxylic acids is 4. The molecule has 0 aliphatic heterocycles. The lowest BCUT2D eigenvalue weighted by Gasteiger charge is -2.24. The summed E-state index contributed by atoms with van der Waals surface area (Å²) in [4.78, 5) is 78.8. The summed E-state index contributed by atoms with van der Waals surface area (Å²) in [5.41, 5.74) is 16.9. The van der Waals surface area contributed by atoms with Crippen LogP contribution in [0.5, 0.6) is 0 Å². The van der Waals surface area contributed by atoms with Crippen LogP contribution in [0.4, 0.5) is 0 Å². The van der Waals surface area contributed by atoms with Gasteiger partial charge in [-0.2, -0.15) is 0 Å². The number of unbranched alkanes of at least 4 members (excludes halogenated alkanes) is 1. The summed E-state index contributed by atoms with van der Waals surface area (Å²) in [6.07, 6.45) is 2.39. The molecule has 4 atom stereocenters. The summed E-state index contributed by atoms with van der Waals surface area (Å²) < 4.78 is 0. The Morgan fingerprint density at radius 3 is 2.08 bits per heavy atom. The third kappa shape index (κ3) is 12.0. The largest absolute Gasteiger partial charge is 0.481 e. The Bertz CT molecular complexity index is 939. The predicted octanol–water partition coefficient (Wildman–Crippen LogP) is -3.31. The number of aliphatic carboxylic acids is 2. The molecular weight excluding hydrogens is 492 g/mol. The van der Waals surface area contributed by atoms with Gasteiger partial charge >= 0.3 is 11.9 Å². The number of carbonyl (C=O) groups is 6. The Morgan fingerprint density at radius 1 is 0.919 bits per heavy atom. The standard InChI is InChI=1S/C21H34N8O8/c22-6-2-1-3-14(21(36)37)28-19(34)13(4-5-16(24)30)27-20(35)15(8-17(31)32)29-18(33)12(23)7-11-9-25-10-26-11/h9-10,12-15H,1-8,22-23H2,(H2,24,30)(H,25,26)(H,27,35)(H,28,34)(H,29,33)(H,31,32)(H,36,37). The van der Waals surface area contributed by atoms with E-state index in [0.29, 0.717) is 25.1 Å². The number of hydrogen-bond acceptors (Lipinski definition) is 9. The molecule has 0 aliphatic rings. The summed E-state index contributed by atoms with van der Waals surface area (Å²) in [6.45, 7) is 0.333. The number of aromatic nitrogens is 2. The summed E-state index contributed by atoms with van der Waals surface area (Å²) in [7, 11) is 0. The number of aromatic amines is 1. The molecule has 37 heavy (non-hydrogen) atoms. The molecule has 1 rings (SSSR count). The molecule has 4 unspecified atom stereocenters. The van der Waals surface area contributed by atoms with Crippen molar-refractivity contribution in [3.8, 4) is 0 Å². The molecule has 0 aliphatic carbocycles. The second-order valence-electron chi connectivity index (χ2n) is 8.30. The van der Waals surface area contributed by atoms with Crippen LogP contribution in [0.25, 0.3) is 0 Å². The number of carboxylic acid groups (broad SMARTS) is 2. The average molecular weight is 527 g/mol. The molecule has 0 saturated heterocycles. The molecular formula is C21H34N8O8. The van der Waals surface area contributed by atoms with Gasteiger partial charge < -0.3 is 48.3 Å².